The van der Waals surface area contributed by atoms with E-state index in [0.717, 1.165) is 25.7 Å². The monoisotopic (exact) mass is 461 g/mol. The van der Waals surface area contributed by atoms with Crippen LogP contribution in [0.25, 0.3) is 0 Å². The summed E-state index contributed by atoms with van der Waals surface area (Å²) in [7, 11) is -3.83. The highest BCUT2D eigenvalue weighted by atomic mass is 32.2. The van der Waals surface area contributed by atoms with Crippen LogP contribution in [0.4, 0.5) is 0 Å². The number of benzene rings is 1. The van der Waals surface area contributed by atoms with Crippen LogP contribution >= 0.6 is 0 Å². The molecule has 0 radical (unpaired) electrons. The quantitative estimate of drug-likeness (QED) is 0.566. The van der Waals surface area contributed by atoms with E-state index < -0.39 is 26.9 Å². The Kier molecular flexibility index (Phi) is 8.17. The number of aryl methyl sites for hydroxylation is 1. The second-order valence-corrected chi connectivity index (χ2v) is 11.0. The van der Waals surface area contributed by atoms with E-state index in [0.29, 0.717) is 42.6 Å². The molecule has 2 aromatic rings. The third-order valence-electron chi connectivity index (χ3n) is 6.17. The van der Waals surface area contributed by atoms with Crippen LogP contribution in [-0.4, -0.2) is 13.5 Å². The average Bonchev–Trinajstić information content (AvgIpc) is 2.69. The molecule has 1 aromatic carbocycles. The van der Waals surface area contributed by atoms with Crippen LogP contribution in [0.5, 0.6) is 5.75 Å². The van der Waals surface area contributed by atoms with Crippen molar-refractivity contribution in [2.45, 2.75) is 83.4 Å². The summed E-state index contributed by atoms with van der Waals surface area (Å²) < 4.78 is 35.2. The zero-order chi connectivity index (χ0) is 23.3. The van der Waals surface area contributed by atoms with Crippen molar-refractivity contribution in [3.8, 4) is 5.75 Å². The van der Waals surface area contributed by atoms with E-state index in [-0.39, 0.29) is 17.2 Å². The highest BCUT2D eigenvalue weighted by Crippen LogP contribution is 2.35. The molecule has 2 atom stereocenters. The van der Waals surface area contributed by atoms with E-state index in [2.05, 4.69) is 4.72 Å². The van der Waals surface area contributed by atoms with Crippen molar-refractivity contribution in [3.63, 3.8) is 0 Å². The number of sulfonamides is 1. The number of hydrogen-bond acceptors (Lipinski definition) is 5. The number of aromatic hydroxyl groups is 1. The van der Waals surface area contributed by atoms with Gasteiger partial charge >= 0.3 is 5.63 Å². The standard InChI is InChI=1S/C25H35NO5S/c1-4-22(18-12-8-7-9-13-18)32(29,30)26-20(16-17(2)3)23-24(27)19-14-10-5-6-11-15-21(19)31-25(23)28/h7-9,12-13,17,20,22,26-27H,4-6,10-11,14-16H2,1-3H3. The van der Waals surface area contributed by atoms with Crippen LogP contribution < -0.4 is 10.3 Å². The molecule has 0 amide bonds. The predicted octanol–water partition coefficient (Wildman–Crippen LogP) is 5.16. The minimum absolute atomic E-state index is 0.0320. The molecule has 3 rings (SSSR count). The summed E-state index contributed by atoms with van der Waals surface area (Å²) in [6.07, 6.45) is 5.95. The lowest BCUT2D eigenvalue weighted by atomic mass is 9.92. The predicted molar refractivity (Wildman–Crippen MR) is 126 cm³/mol. The van der Waals surface area contributed by atoms with Gasteiger partial charge < -0.3 is 9.52 Å². The molecule has 1 heterocycles. The molecule has 7 heteroatoms. The topological polar surface area (TPSA) is 96.6 Å². The summed E-state index contributed by atoms with van der Waals surface area (Å²) in [4.78, 5) is 13.0. The minimum Gasteiger partial charge on any atom is -0.507 e. The molecule has 0 spiro atoms. The summed E-state index contributed by atoms with van der Waals surface area (Å²) in [6, 6.07) is 8.21. The third-order valence-corrected chi connectivity index (χ3v) is 8.14. The second-order valence-electron chi connectivity index (χ2n) is 9.12. The Morgan fingerprint density at radius 3 is 2.34 bits per heavy atom. The Bertz CT molecular complexity index is 1060. The zero-order valence-corrected chi connectivity index (χ0v) is 20.1. The lowest BCUT2D eigenvalue weighted by Crippen LogP contribution is -2.36. The van der Waals surface area contributed by atoms with Crippen LogP contribution in [-0.2, 0) is 22.9 Å². The van der Waals surface area contributed by atoms with Crippen molar-refractivity contribution >= 4 is 10.0 Å². The molecule has 1 aromatic heterocycles. The molecule has 1 aliphatic carbocycles. The van der Waals surface area contributed by atoms with Crippen molar-refractivity contribution in [2.75, 3.05) is 0 Å². The Balaban J connectivity index is 2.03. The first-order chi connectivity index (χ1) is 15.2. The molecule has 0 saturated heterocycles. The molecular weight excluding hydrogens is 426 g/mol. The maximum atomic E-state index is 13.4. The van der Waals surface area contributed by atoms with Crippen LogP contribution in [0.1, 0.15) is 93.0 Å². The van der Waals surface area contributed by atoms with Gasteiger partial charge in [-0.2, -0.15) is 0 Å². The number of fused-ring (bicyclic) bond motifs is 1. The Labute approximate surface area is 191 Å². The van der Waals surface area contributed by atoms with Gasteiger partial charge in [0.25, 0.3) is 0 Å². The second kappa shape index (κ2) is 10.7. The molecule has 0 fully saturated rings. The van der Waals surface area contributed by atoms with E-state index in [1.165, 1.54) is 0 Å². The number of hydrogen-bond donors (Lipinski definition) is 2. The van der Waals surface area contributed by atoms with Gasteiger partial charge in [-0.15, -0.1) is 0 Å². The Hall–Kier alpha value is -2.12. The first kappa shape index (κ1) is 24.5. The van der Waals surface area contributed by atoms with Crippen molar-refractivity contribution < 1.29 is 17.9 Å². The first-order valence-corrected chi connectivity index (χ1v) is 13.2. The van der Waals surface area contributed by atoms with Gasteiger partial charge in [-0.25, -0.2) is 17.9 Å². The van der Waals surface area contributed by atoms with Gasteiger partial charge in [0.15, 0.2) is 0 Å². The fraction of sp³-hybridized carbons (Fsp3) is 0.560. The fourth-order valence-corrected chi connectivity index (χ4v) is 6.34. The Morgan fingerprint density at radius 2 is 1.72 bits per heavy atom. The molecule has 32 heavy (non-hydrogen) atoms. The van der Waals surface area contributed by atoms with E-state index in [4.69, 9.17) is 4.42 Å². The fourth-order valence-electron chi connectivity index (χ4n) is 4.61. The molecule has 176 valence electrons. The highest BCUT2D eigenvalue weighted by Gasteiger charge is 2.33. The molecule has 6 nitrogen and oxygen atoms in total. The van der Waals surface area contributed by atoms with Crippen molar-refractivity contribution in [3.05, 3.63) is 63.2 Å². The number of nitrogens with one attached hydrogen (secondary N) is 1. The van der Waals surface area contributed by atoms with Gasteiger partial charge in [0.2, 0.25) is 10.0 Å². The highest BCUT2D eigenvalue weighted by molar-refractivity contribution is 7.89. The molecule has 2 N–H and O–H groups in total. The van der Waals surface area contributed by atoms with Crippen molar-refractivity contribution in [1.82, 2.24) is 4.72 Å². The lowest BCUT2D eigenvalue weighted by molar-refractivity contribution is 0.367. The average molecular weight is 462 g/mol. The molecule has 0 saturated carbocycles. The van der Waals surface area contributed by atoms with E-state index in [1.807, 2.05) is 39.0 Å². The van der Waals surface area contributed by atoms with Gasteiger partial charge in [0, 0.05) is 12.0 Å². The van der Waals surface area contributed by atoms with E-state index >= 15 is 0 Å². The van der Waals surface area contributed by atoms with Gasteiger partial charge in [-0.1, -0.05) is 63.9 Å². The molecule has 2 unspecified atom stereocenters. The first-order valence-electron chi connectivity index (χ1n) is 11.7. The normalized spacial score (nSPS) is 16.8. The molecule has 0 bridgehead atoms. The van der Waals surface area contributed by atoms with E-state index in [1.54, 1.807) is 12.1 Å². The third kappa shape index (κ3) is 5.62. The van der Waals surface area contributed by atoms with Crippen LogP contribution in [0.3, 0.4) is 0 Å². The SMILES string of the molecule is CCC(c1ccccc1)S(=O)(=O)NC(CC(C)C)c1c(O)c2c(oc1=O)CCCCCC2. The van der Waals surface area contributed by atoms with Crippen LogP contribution in [0.15, 0.2) is 39.5 Å². The van der Waals surface area contributed by atoms with E-state index in [9.17, 15) is 18.3 Å². The zero-order valence-electron chi connectivity index (χ0n) is 19.3. The largest absolute Gasteiger partial charge is 0.507 e. The maximum Gasteiger partial charge on any atom is 0.344 e. The van der Waals surface area contributed by atoms with Crippen molar-refractivity contribution in [2.24, 2.45) is 5.92 Å². The van der Waals surface area contributed by atoms with Crippen LogP contribution in [0, 0.1) is 5.92 Å². The summed E-state index contributed by atoms with van der Waals surface area (Å²) in [6.45, 7) is 5.75. The van der Waals surface area contributed by atoms with Gasteiger partial charge in [-0.3, -0.25) is 0 Å². The Morgan fingerprint density at radius 1 is 1.06 bits per heavy atom. The number of rotatable bonds is 8. The summed E-state index contributed by atoms with van der Waals surface area (Å²) in [5, 5.41) is 10.4. The minimum atomic E-state index is -3.83. The summed E-state index contributed by atoms with van der Waals surface area (Å²) >= 11 is 0. The van der Waals surface area contributed by atoms with Crippen molar-refractivity contribution in [1.29, 1.82) is 0 Å². The molecular formula is C25H35NO5S. The van der Waals surface area contributed by atoms with Gasteiger partial charge in [0.1, 0.15) is 16.8 Å². The van der Waals surface area contributed by atoms with Crippen LogP contribution in [0.2, 0.25) is 0 Å². The summed E-state index contributed by atoms with van der Waals surface area (Å²) in [5.41, 5.74) is 0.732. The lowest BCUT2D eigenvalue weighted by Gasteiger charge is -2.25. The molecule has 0 aliphatic heterocycles. The maximum absolute atomic E-state index is 13.4. The summed E-state index contributed by atoms with van der Waals surface area (Å²) in [5.74, 6) is 0.539. The van der Waals surface area contributed by atoms with Gasteiger partial charge in [-0.05, 0) is 43.6 Å². The smallest absolute Gasteiger partial charge is 0.344 e. The molecule has 1 aliphatic rings. The van der Waals surface area contributed by atoms with Gasteiger partial charge in [0.05, 0.1) is 11.6 Å².